The lowest BCUT2D eigenvalue weighted by atomic mass is 9.92. The fourth-order valence-corrected chi connectivity index (χ4v) is 2.37. The van der Waals surface area contributed by atoms with Gasteiger partial charge in [-0.2, -0.15) is 0 Å². The molecule has 1 heterocycles. The molecule has 1 saturated carbocycles. The lowest BCUT2D eigenvalue weighted by Gasteiger charge is -2.29. The van der Waals surface area contributed by atoms with Gasteiger partial charge >= 0.3 is 5.97 Å². The van der Waals surface area contributed by atoms with Crippen molar-refractivity contribution in [2.75, 3.05) is 7.11 Å². The Morgan fingerprint density at radius 3 is 2.63 bits per heavy atom. The Balaban J connectivity index is 2.27. The van der Waals surface area contributed by atoms with Gasteiger partial charge in [0.05, 0.1) is 7.11 Å². The van der Waals surface area contributed by atoms with Crippen molar-refractivity contribution in [3.8, 4) is 0 Å². The normalized spacial score (nSPS) is 19.1. The highest BCUT2D eigenvalue weighted by atomic mass is 19.3. The van der Waals surface area contributed by atoms with E-state index >= 15 is 0 Å². The van der Waals surface area contributed by atoms with Crippen LogP contribution in [0.15, 0.2) is 23.1 Å². The number of aromatic nitrogens is 1. The van der Waals surface area contributed by atoms with E-state index in [9.17, 15) is 18.4 Å². The van der Waals surface area contributed by atoms with E-state index in [4.69, 9.17) is 0 Å². The standard InChI is InChI=1S/C13H15F2NO3/c1-19-12(18)10-3-2-8-16(11(10)17)9-4-6-13(14,15)7-5-9/h2-3,8-9H,4-7H2,1H3. The molecular weight excluding hydrogens is 256 g/mol. The van der Waals surface area contributed by atoms with E-state index in [0.29, 0.717) is 0 Å². The van der Waals surface area contributed by atoms with Crippen LogP contribution in [0.3, 0.4) is 0 Å². The molecule has 0 atom stereocenters. The topological polar surface area (TPSA) is 48.3 Å². The summed E-state index contributed by atoms with van der Waals surface area (Å²) in [5, 5.41) is 0. The van der Waals surface area contributed by atoms with Crippen molar-refractivity contribution in [1.82, 2.24) is 4.57 Å². The number of nitrogens with zero attached hydrogens (tertiary/aromatic N) is 1. The van der Waals surface area contributed by atoms with Crippen LogP contribution in [0.25, 0.3) is 0 Å². The van der Waals surface area contributed by atoms with Crippen LogP contribution in [0.1, 0.15) is 42.1 Å². The monoisotopic (exact) mass is 271 g/mol. The zero-order valence-electron chi connectivity index (χ0n) is 10.6. The van der Waals surface area contributed by atoms with Crippen LogP contribution in [0.5, 0.6) is 0 Å². The van der Waals surface area contributed by atoms with E-state index in [0.717, 1.165) is 0 Å². The van der Waals surface area contributed by atoms with Crippen LogP contribution >= 0.6 is 0 Å². The number of ether oxygens (including phenoxy) is 1. The first-order valence-electron chi connectivity index (χ1n) is 6.12. The summed E-state index contributed by atoms with van der Waals surface area (Å²) in [5.41, 5.74) is -0.549. The maximum absolute atomic E-state index is 13.1. The van der Waals surface area contributed by atoms with Crippen LogP contribution < -0.4 is 5.56 Å². The zero-order valence-corrected chi connectivity index (χ0v) is 10.6. The van der Waals surface area contributed by atoms with Crippen LogP contribution in [0.4, 0.5) is 8.78 Å². The molecule has 0 radical (unpaired) electrons. The second-order valence-electron chi connectivity index (χ2n) is 4.71. The molecule has 2 rings (SSSR count). The predicted octanol–water partition coefficient (Wildman–Crippen LogP) is 2.39. The average Bonchev–Trinajstić information content (AvgIpc) is 2.39. The second kappa shape index (κ2) is 5.11. The summed E-state index contributed by atoms with van der Waals surface area (Å²) in [4.78, 5) is 23.5. The first-order valence-corrected chi connectivity index (χ1v) is 6.12. The Bertz CT molecular complexity index is 529. The minimum absolute atomic E-state index is 0.0673. The zero-order chi connectivity index (χ0) is 14.0. The summed E-state index contributed by atoms with van der Waals surface area (Å²) in [5.74, 6) is -3.35. The Hall–Kier alpha value is -1.72. The van der Waals surface area contributed by atoms with Gasteiger partial charge in [0, 0.05) is 25.1 Å². The van der Waals surface area contributed by atoms with E-state index < -0.39 is 17.5 Å². The molecule has 0 aliphatic heterocycles. The number of rotatable bonds is 2. The molecule has 19 heavy (non-hydrogen) atoms. The highest BCUT2D eigenvalue weighted by Gasteiger charge is 2.35. The summed E-state index contributed by atoms with van der Waals surface area (Å²) >= 11 is 0. The number of alkyl halides is 2. The predicted molar refractivity (Wildman–Crippen MR) is 64.5 cm³/mol. The molecule has 6 heteroatoms. The van der Waals surface area contributed by atoms with Gasteiger partial charge in [0.2, 0.25) is 5.92 Å². The molecule has 1 aliphatic rings. The molecular formula is C13H15F2NO3. The first kappa shape index (κ1) is 13.7. The third kappa shape index (κ3) is 2.83. The quantitative estimate of drug-likeness (QED) is 0.776. The van der Waals surface area contributed by atoms with Gasteiger partial charge in [-0.3, -0.25) is 4.79 Å². The van der Waals surface area contributed by atoms with E-state index in [1.807, 2.05) is 0 Å². The summed E-state index contributed by atoms with van der Waals surface area (Å²) in [7, 11) is 1.19. The number of hydrogen-bond acceptors (Lipinski definition) is 3. The molecule has 0 N–H and O–H groups in total. The van der Waals surface area contributed by atoms with E-state index in [1.54, 1.807) is 6.07 Å². The molecule has 1 fully saturated rings. The molecule has 0 unspecified atom stereocenters. The van der Waals surface area contributed by atoms with Crippen molar-refractivity contribution >= 4 is 5.97 Å². The number of halogens is 2. The van der Waals surface area contributed by atoms with Crippen molar-refractivity contribution in [1.29, 1.82) is 0 Å². The number of carbonyl (C=O) groups is 1. The Labute approximate surface area is 109 Å². The van der Waals surface area contributed by atoms with Gasteiger partial charge in [-0.25, -0.2) is 13.6 Å². The number of methoxy groups -OCH3 is 1. The fraction of sp³-hybridized carbons (Fsp3) is 0.538. The van der Waals surface area contributed by atoms with Gasteiger partial charge in [0.25, 0.3) is 5.56 Å². The van der Waals surface area contributed by atoms with Gasteiger partial charge in [-0.15, -0.1) is 0 Å². The van der Waals surface area contributed by atoms with Crippen molar-refractivity contribution in [3.05, 3.63) is 34.2 Å². The Kier molecular flexibility index (Phi) is 3.68. The second-order valence-corrected chi connectivity index (χ2v) is 4.71. The van der Waals surface area contributed by atoms with Gasteiger partial charge in [-0.05, 0) is 25.0 Å². The summed E-state index contributed by atoms with van der Waals surface area (Å²) in [6.07, 6.45) is 1.54. The van der Waals surface area contributed by atoms with E-state index in [2.05, 4.69) is 4.74 Å². The van der Waals surface area contributed by atoms with Crippen LogP contribution in [-0.4, -0.2) is 23.6 Å². The van der Waals surface area contributed by atoms with Gasteiger partial charge in [0.15, 0.2) is 0 Å². The molecule has 0 amide bonds. The largest absolute Gasteiger partial charge is 0.465 e. The molecule has 0 spiro atoms. The molecule has 4 nitrogen and oxygen atoms in total. The smallest absolute Gasteiger partial charge is 0.343 e. The molecule has 104 valence electrons. The van der Waals surface area contributed by atoms with E-state index in [1.165, 1.54) is 23.9 Å². The molecule has 1 aliphatic carbocycles. The minimum atomic E-state index is -2.64. The first-order chi connectivity index (χ1) is 8.94. The third-order valence-electron chi connectivity index (χ3n) is 3.46. The summed E-state index contributed by atoms with van der Waals surface area (Å²) in [6, 6.07) is 2.65. The van der Waals surface area contributed by atoms with Gasteiger partial charge < -0.3 is 9.30 Å². The van der Waals surface area contributed by atoms with Crippen molar-refractivity contribution in [2.45, 2.75) is 37.6 Å². The molecule has 0 aromatic carbocycles. The van der Waals surface area contributed by atoms with Gasteiger partial charge in [0.1, 0.15) is 5.56 Å². The average molecular weight is 271 g/mol. The van der Waals surface area contributed by atoms with Crippen molar-refractivity contribution < 1.29 is 18.3 Å². The SMILES string of the molecule is COC(=O)c1cccn(C2CCC(F)(F)CC2)c1=O. The number of hydrogen-bond donors (Lipinski definition) is 0. The third-order valence-corrected chi connectivity index (χ3v) is 3.46. The van der Waals surface area contributed by atoms with Crippen LogP contribution in [0.2, 0.25) is 0 Å². The number of esters is 1. The fourth-order valence-electron chi connectivity index (χ4n) is 2.37. The maximum atomic E-state index is 13.1. The molecule has 1 aromatic heterocycles. The summed E-state index contributed by atoms with van der Waals surface area (Å²) < 4.78 is 32.1. The minimum Gasteiger partial charge on any atom is -0.465 e. The lowest BCUT2D eigenvalue weighted by molar-refractivity contribution is -0.0442. The number of pyridine rings is 1. The maximum Gasteiger partial charge on any atom is 0.343 e. The van der Waals surface area contributed by atoms with Crippen molar-refractivity contribution in [2.24, 2.45) is 0 Å². The van der Waals surface area contributed by atoms with Crippen LogP contribution in [-0.2, 0) is 4.74 Å². The molecule has 0 bridgehead atoms. The Morgan fingerprint density at radius 2 is 2.05 bits per heavy atom. The highest BCUT2D eigenvalue weighted by Crippen LogP contribution is 2.37. The lowest BCUT2D eigenvalue weighted by Crippen LogP contribution is -2.33. The Morgan fingerprint density at radius 1 is 1.42 bits per heavy atom. The van der Waals surface area contributed by atoms with Crippen molar-refractivity contribution in [3.63, 3.8) is 0 Å². The van der Waals surface area contributed by atoms with E-state index in [-0.39, 0.29) is 37.3 Å². The number of carbonyl (C=O) groups excluding carboxylic acids is 1. The highest BCUT2D eigenvalue weighted by molar-refractivity contribution is 5.88. The summed E-state index contributed by atoms with van der Waals surface area (Å²) in [6.45, 7) is 0. The van der Waals surface area contributed by atoms with Gasteiger partial charge in [-0.1, -0.05) is 0 Å². The molecule has 0 saturated heterocycles. The van der Waals surface area contributed by atoms with Crippen LogP contribution in [0, 0.1) is 0 Å². The molecule has 1 aromatic rings.